The lowest BCUT2D eigenvalue weighted by molar-refractivity contribution is -0.149. The van der Waals surface area contributed by atoms with Crippen molar-refractivity contribution in [1.82, 2.24) is 10.3 Å². The van der Waals surface area contributed by atoms with Gasteiger partial charge in [-0.15, -0.1) is 0 Å². The van der Waals surface area contributed by atoms with E-state index in [-0.39, 0.29) is 24.9 Å². The van der Waals surface area contributed by atoms with Gasteiger partial charge in [-0.25, -0.2) is 9.78 Å². The predicted octanol–water partition coefficient (Wildman–Crippen LogP) is 5.27. The minimum atomic E-state index is -1.52. The molecule has 0 fully saturated rings. The van der Waals surface area contributed by atoms with E-state index in [1.54, 1.807) is 36.3 Å². The molecular formula is C32H30ClN3O5. The van der Waals surface area contributed by atoms with Gasteiger partial charge in [0.05, 0.1) is 20.2 Å². The number of fused-ring (bicyclic) bond motifs is 1. The van der Waals surface area contributed by atoms with Crippen LogP contribution in [-0.2, 0) is 21.7 Å². The summed E-state index contributed by atoms with van der Waals surface area (Å²) in [6, 6.07) is 25.3. The molecule has 3 aromatic carbocycles. The topological polar surface area (TPSA) is 101 Å². The van der Waals surface area contributed by atoms with Gasteiger partial charge in [-0.3, -0.25) is 10.1 Å². The highest BCUT2D eigenvalue weighted by Gasteiger charge is 2.52. The molecule has 1 aliphatic heterocycles. The first-order valence-corrected chi connectivity index (χ1v) is 13.5. The molecule has 1 aliphatic rings. The summed E-state index contributed by atoms with van der Waals surface area (Å²) >= 11 is 6.56. The van der Waals surface area contributed by atoms with Crippen molar-refractivity contribution in [3.63, 3.8) is 0 Å². The standard InChI is InChI=1S/C32H30ClN3O5/c1-20-15-21(2)35-28(16-20)41-30(31(38)39)32(23-7-5-4-6-8-23)26-17-24(33)11-14-27(26)36(29(37)18-34-32)19-22-9-12-25(40-3)13-10-22/h4-17,30,34H,18-19H2,1-3H3,(H,38,39)/t30-,32-/m0/s1. The maximum Gasteiger partial charge on any atom is 0.347 e. The summed E-state index contributed by atoms with van der Waals surface area (Å²) < 4.78 is 11.5. The minimum absolute atomic E-state index is 0.162. The lowest BCUT2D eigenvalue weighted by Crippen LogP contribution is -2.58. The van der Waals surface area contributed by atoms with E-state index in [9.17, 15) is 14.7 Å². The summed E-state index contributed by atoms with van der Waals surface area (Å²) in [7, 11) is 1.59. The molecule has 2 heterocycles. The van der Waals surface area contributed by atoms with E-state index in [1.807, 2.05) is 74.5 Å². The Balaban J connectivity index is 1.72. The number of hydrogen-bond donors (Lipinski definition) is 2. The van der Waals surface area contributed by atoms with Gasteiger partial charge >= 0.3 is 5.97 Å². The third kappa shape index (κ3) is 5.62. The van der Waals surface area contributed by atoms with E-state index in [0.29, 0.717) is 33.3 Å². The summed E-state index contributed by atoms with van der Waals surface area (Å²) in [6.07, 6.45) is -1.52. The van der Waals surface area contributed by atoms with Gasteiger partial charge in [0, 0.05) is 28.0 Å². The fourth-order valence-corrected chi connectivity index (χ4v) is 5.51. The molecule has 210 valence electrons. The molecule has 0 radical (unpaired) electrons. The van der Waals surface area contributed by atoms with E-state index in [2.05, 4.69) is 10.3 Å². The molecule has 8 nitrogen and oxygen atoms in total. The zero-order valence-corrected chi connectivity index (χ0v) is 23.7. The Labute approximate surface area is 243 Å². The van der Waals surface area contributed by atoms with Crippen LogP contribution in [0.2, 0.25) is 5.02 Å². The number of carbonyl (C=O) groups excluding carboxylic acids is 1. The minimum Gasteiger partial charge on any atom is -0.497 e. The fourth-order valence-electron chi connectivity index (χ4n) is 5.34. The van der Waals surface area contributed by atoms with Gasteiger partial charge in [-0.1, -0.05) is 54.1 Å². The zero-order chi connectivity index (χ0) is 29.1. The van der Waals surface area contributed by atoms with Crippen molar-refractivity contribution in [3.8, 4) is 11.6 Å². The van der Waals surface area contributed by atoms with Crippen molar-refractivity contribution in [2.45, 2.75) is 32.0 Å². The third-order valence-corrected chi connectivity index (χ3v) is 7.39. The highest BCUT2D eigenvalue weighted by atomic mass is 35.5. The summed E-state index contributed by atoms with van der Waals surface area (Å²) in [5, 5.41) is 14.4. The Bertz CT molecular complexity index is 1560. The number of ether oxygens (including phenoxy) is 2. The number of amides is 1. The highest BCUT2D eigenvalue weighted by molar-refractivity contribution is 6.30. The Morgan fingerprint density at radius 2 is 1.80 bits per heavy atom. The average molecular weight is 572 g/mol. The normalized spacial score (nSPS) is 17.4. The van der Waals surface area contributed by atoms with Gasteiger partial charge in [-0.05, 0) is 66.9 Å². The SMILES string of the molecule is COc1ccc(CN2C(=O)CN[C@](c3ccccc3)([C@@H](Oc3cc(C)cc(C)n3)C(=O)O)c3cc(Cl)ccc32)cc1. The van der Waals surface area contributed by atoms with Crippen molar-refractivity contribution in [2.75, 3.05) is 18.6 Å². The number of halogens is 1. The molecule has 41 heavy (non-hydrogen) atoms. The van der Waals surface area contributed by atoms with Crippen LogP contribution in [0.1, 0.15) is 27.9 Å². The number of nitrogens with zero attached hydrogens (tertiary/aromatic N) is 2. The number of aryl methyl sites for hydroxylation is 2. The van der Waals surface area contributed by atoms with E-state index >= 15 is 0 Å². The Morgan fingerprint density at radius 1 is 1.07 bits per heavy atom. The van der Waals surface area contributed by atoms with Gasteiger partial charge in [0.1, 0.15) is 11.3 Å². The second kappa shape index (κ2) is 11.6. The van der Waals surface area contributed by atoms with Gasteiger partial charge in [0.2, 0.25) is 17.9 Å². The Kier molecular flexibility index (Phi) is 7.97. The van der Waals surface area contributed by atoms with Crippen LogP contribution < -0.4 is 19.7 Å². The molecule has 0 aliphatic carbocycles. The molecule has 0 spiro atoms. The first kappa shape index (κ1) is 28.1. The lowest BCUT2D eigenvalue weighted by atomic mass is 9.77. The number of anilines is 1. The number of hydrogen-bond acceptors (Lipinski definition) is 6. The van der Waals surface area contributed by atoms with Crippen LogP contribution in [0.3, 0.4) is 0 Å². The lowest BCUT2D eigenvalue weighted by Gasteiger charge is -2.40. The van der Waals surface area contributed by atoms with Crippen molar-refractivity contribution < 1.29 is 24.2 Å². The van der Waals surface area contributed by atoms with Crippen LogP contribution >= 0.6 is 11.6 Å². The second-order valence-corrected chi connectivity index (χ2v) is 10.4. The van der Waals surface area contributed by atoms with E-state index in [0.717, 1.165) is 11.1 Å². The molecule has 1 aromatic heterocycles. The third-order valence-electron chi connectivity index (χ3n) is 7.15. The number of carboxylic acids is 1. The number of benzene rings is 3. The van der Waals surface area contributed by atoms with Gasteiger partial charge < -0.3 is 19.5 Å². The van der Waals surface area contributed by atoms with E-state index in [1.165, 1.54) is 0 Å². The molecule has 0 saturated carbocycles. The number of carboxylic acid groups (broad SMARTS) is 1. The first-order chi connectivity index (χ1) is 19.7. The number of aliphatic carboxylic acids is 1. The number of aromatic nitrogens is 1. The number of rotatable bonds is 8. The first-order valence-electron chi connectivity index (χ1n) is 13.1. The summed E-state index contributed by atoms with van der Waals surface area (Å²) in [5.41, 5.74) is 2.54. The van der Waals surface area contributed by atoms with Crippen LogP contribution in [0, 0.1) is 13.8 Å². The van der Waals surface area contributed by atoms with E-state index in [4.69, 9.17) is 21.1 Å². The zero-order valence-electron chi connectivity index (χ0n) is 22.9. The Morgan fingerprint density at radius 3 is 2.46 bits per heavy atom. The van der Waals surface area contributed by atoms with Crippen molar-refractivity contribution in [1.29, 1.82) is 0 Å². The summed E-state index contributed by atoms with van der Waals surface area (Å²) in [4.78, 5) is 33.0. The molecule has 0 bridgehead atoms. The van der Waals surface area contributed by atoms with Gasteiger partial charge in [0.25, 0.3) is 0 Å². The molecule has 4 aromatic rings. The van der Waals surface area contributed by atoms with Crippen molar-refractivity contribution in [2.24, 2.45) is 0 Å². The predicted molar refractivity (Wildman–Crippen MR) is 157 cm³/mol. The van der Waals surface area contributed by atoms with Gasteiger partial charge in [0.15, 0.2) is 0 Å². The monoisotopic (exact) mass is 571 g/mol. The Hall–Kier alpha value is -4.40. The molecule has 5 rings (SSSR count). The number of carbonyl (C=O) groups is 2. The largest absolute Gasteiger partial charge is 0.497 e. The molecule has 2 N–H and O–H groups in total. The molecular weight excluding hydrogens is 542 g/mol. The summed E-state index contributed by atoms with van der Waals surface area (Å²) in [5.74, 6) is -0.601. The van der Waals surface area contributed by atoms with Crippen LogP contribution in [0.5, 0.6) is 11.6 Å². The second-order valence-electron chi connectivity index (χ2n) is 9.98. The van der Waals surface area contributed by atoms with Crippen LogP contribution in [-0.4, -0.2) is 41.7 Å². The van der Waals surface area contributed by atoms with Crippen LogP contribution in [0.15, 0.2) is 84.9 Å². The van der Waals surface area contributed by atoms with Crippen LogP contribution in [0.4, 0.5) is 5.69 Å². The van der Waals surface area contributed by atoms with Crippen molar-refractivity contribution in [3.05, 3.63) is 118 Å². The number of pyridine rings is 1. The average Bonchev–Trinajstić information content (AvgIpc) is 3.07. The molecule has 0 saturated heterocycles. The van der Waals surface area contributed by atoms with Crippen LogP contribution in [0.25, 0.3) is 0 Å². The molecule has 1 amide bonds. The fraction of sp³-hybridized carbons (Fsp3) is 0.219. The van der Waals surface area contributed by atoms with E-state index < -0.39 is 17.6 Å². The maximum atomic E-state index is 13.8. The summed E-state index contributed by atoms with van der Waals surface area (Å²) in [6.45, 7) is 3.79. The maximum absolute atomic E-state index is 13.8. The number of methoxy groups -OCH3 is 1. The van der Waals surface area contributed by atoms with Crippen molar-refractivity contribution >= 4 is 29.2 Å². The molecule has 9 heteroatoms. The highest BCUT2D eigenvalue weighted by Crippen LogP contribution is 2.43. The molecule has 0 unspecified atom stereocenters. The van der Waals surface area contributed by atoms with Gasteiger partial charge in [-0.2, -0.15) is 0 Å². The molecule has 2 atom stereocenters. The quantitative estimate of drug-likeness (QED) is 0.297. The number of nitrogens with one attached hydrogen (secondary N) is 1. The smallest absolute Gasteiger partial charge is 0.347 e.